The average molecular weight is 268 g/mol. The van der Waals surface area contributed by atoms with Gasteiger partial charge in [0, 0.05) is 0 Å². The summed E-state index contributed by atoms with van der Waals surface area (Å²) >= 11 is 0. The van der Waals surface area contributed by atoms with Crippen LogP contribution in [0.2, 0.25) is 0 Å². The highest BCUT2D eigenvalue weighted by Gasteiger charge is 2.23. The van der Waals surface area contributed by atoms with Gasteiger partial charge in [0.2, 0.25) is 5.91 Å². The lowest BCUT2D eigenvalue weighted by Crippen LogP contribution is -2.40. The van der Waals surface area contributed by atoms with Crippen molar-refractivity contribution in [1.82, 2.24) is 5.32 Å². The standard InChI is InChI=1S/C13H17FN2O3/c1-13(2,3)19-12(18)16-10(11(15)17)8-4-6-9(14)7-5-8/h4-7,10H,1-3H3,(H2,15,17)(H,16,18)/t10-/m0/s1. The zero-order valence-corrected chi connectivity index (χ0v) is 11.1. The zero-order valence-electron chi connectivity index (χ0n) is 11.1. The van der Waals surface area contributed by atoms with Gasteiger partial charge in [0.05, 0.1) is 0 Å². The molecule has 0 fully saturated rings. The number of nitrogens with one attached hydrogen (secondary N) is 1. The van der Waals surface area contributed by atoms with Crippen LogP contribution in [0.3, 0.4) is 0 Å². The molecule has 1 aromatic carbocycles. The lowest BCUT2D eigenvalue weighted by atomic mass is 10.1. The molecule has 1 aromatic rings. The van der Waals surface area contributed by atoms with E-state index in [0.29, 0.717) is 5.56 Å². The summed E-state index contributed by atoms with van der Waals surface area (Å²) < 4.78 is 17.8. The van der Waals surface area contributed by atoms with Crippen molar-refractivity contribution < 1.29 is 18.7 Å². The number of primary amides is 1. The predicted molar refractivity (Wildman–Crippen MR) is 67.7 cm³/mol. The van der Waals surface area contributed by atoms with Crippen LogP contribution in [0.5, 0.6) is 0 Å². The molecule has 2 amide bonds. The van der Waals surface area contributed by atoms with Crippen LogP contribution in [0.15, 0.2) is 24.3 Å². The number of nitrogens with two attached hydrogens (primary N) is 1. The first-order valence-electron chi connectivity index (χ1n) is 5.73. The van der Waals surface area contributed by atoms with E-state index >= 15 is 0 Å². The molecular formula is C13H17FN2O3. The molecule has 0 bridgehead atoms. The van der Waals surface area contributed by atoms with Crippen molar-refractivity contribution in [3.63, 3.8) is 0 Å². The van der Waals surface area contributed by atoms with Gasteiger partial charge < -0.3 is 15.8 Å². The van der Waals surface area contributed by atoms with E-state index < -0.39 is 29.5 Å². The minimum absolute atomic E-state index is 0.389. The Kier molecular flexibility index (Phi) is 4.47. The zero-order chi connectivity index (χ0) is 14.6. The second kappa shape index (κ2) is 5.69. The molecule has 6 heteroatoms. The third kappa shape index (κ3) is 4.95. The molecule has 0 radical (unpaired) electrons. The van der Waals surface area contributed by atoms with Crippen LogP contribution in [0, 0.1) is 5.82 Å². The summed E-state index contributed by atoms with van der Waals surface area (Å²) in [7, 11) is 0. The molecule has 0 spiro atoms. The number of amides is 2. The lowest BCUT2D eigenvalue weighted by Gasteiger charge is -2.22. The van der Waals surface area contributed by atoms with E-state index in [0.717, 1.165) is 0 Å². The monoisotopic (exact) mass is 268 g/mol. The highest BCUT2D eigenvalue weighted by Crippen LogP contribution is 2.15. The van der Waals surface area contributed by atoms with E-state index in [1.807, 2.05) is 0 Å². The molecule has 0 aliphatic heterocycles. The van der Waals surface area contributed by atoms with Crippen molar-refractivity contribution in [1.29, 1.82) is 0 Å². The number of carbonyl (C=O) groups is 2. The Morgan fingerprint density at radius 3 is 2.21 bits per heavy atom. The second-order valence-corrected chi connectivity index (χ2v) is 5.03. The van der Waals surface area contributed by atoms with Gasteiger partial charge in [0.15, 0.2) is 0 Å². The Morgan fingerprint density at radius 2 is 1.79 bits per heavy atom. The van der Waals surface area contributed by atoms with Crippen molar-refractivity contribution in [2.75, 3.05) is 0 Å². The van der Waals surface area contributed by atoms with Crippen molar-refractivity contribution in [2.24, 2.45) is 5.73 Å². The fourth-order valence-electron chi connectivity index (χ4n) is 1.40. The first-order chi connectivity index (χ1) is 8.69. The summed E-state index contributed by atoms with van der Waals surface area (Å²) in [6.07, 6.45) is -0.763. The summed E-state index contributed by atoms with van der Waals surface area (Å²) in [5.74, 6) is -1.19. The molecule has 3 N–H and O–H groups in total. The van der Waals surface area contributed by atoms with Crippen molar-refractivity contribution in [3.05, 3.63) is 35.6 Å². The predicted octanol–water partition coefficient (Wildman–Crippen LogP) is 1.88. The maximum absolute atomic E-state index is 12.8. The van der Waals surface area contributed by atoms with E-state index in [4.69, 9.17) is 10.5 Å². The van der Waals surface area contributed by atoms with Gasteiger partial charge in [-0.3, -0.25) is 4.79 Å². The van der Waals surface area contributed by atoms with E-state index in [-0.39, 0.29) is 0 Å². The molecule has 0 heterocycles. The van der Waals surface area contributed by atoms with Crippen LogP contribution in [0.4, 0.5) is 9.18 Å². The largest absolute Gasteiger partial charge is 0.444 e. The molecule has 104 valence electrons. The molecule has 0 saturated heterocycles. The van der Waals surface area contributed by atoms with Crippen LogP contribution in [0.25, 0.3) is 0 Å². The molecule has 0 aromatic heterocycles. The molecule has 19 heavy (non-hydrogen) atoms. The first-order valence-corrected chi connectivity index (χ1v) is 5.73. The second-order valence-electron chi connectivity index (χ2n) is 5.03. The van der Waals surface area contributed by atoms with Gasteiger partial charge in [-0.05, 0) is 38.5 Å². The number of hydrogen-bond donors (Lipinski definition) is 2. The van der Waals surface area contributed by atoms with Gasteiger partial charge in [-0.15, -0.1) is 0 Å². The highest BCUT2D eigenvalue weighted by molar-refractivity contribution is 5.85. The van der Waals surface area contributed by atoms with Crippen LogP contribution in [-0.2, 0) is 9.53 Å². The fourth-order valence-corrected chi connectivity index (χ4v) is 1.40. The fraction of sp³-hybridized carbons (Fsp3) is 0.385. The maximum atomic E-state index is 12.8. The third-order valence-electron chi connectivity index (χ3n) is 2.15. The van der Waals surface area contributed by atoms with Gasteiger partial charge >= 0.3 is 6.09 Å². The minimum Gasteiger partial charge on any atom is -0.444 e. The normalized spacial score (nSPS) is 12.6. The smallest absolute Gasteiger partial charge is 0.408 e. The molecule has 0 unspecified atom stereocenters. The van der Waals surface area contributed by atoms with Gasteiger partial charge in [0.25, 0.3) is 0 Å². The lowest BCUT2D eigenvalue weighted by molar-refractivity contribution is -0.120. The number of carbonyl (C=O) groups excluding carboxylic acids is 2. The molecule has 0 saturated carbocycles. The van der Waals surface area contributed by atoms with Gasteiger partial charge in [-0.2, -0.15) is 0 Å². The van der Waals surface area contributed by atoms with Crippen molar-refractivity contribution in [3.8, 4) is 0 Å². The maximum Gasteiger partial charge on any atom is 0.408 e. The molecule has 0 aliphatic carbocycles. The van der Waals surface area contributed by atoms with E-state index in [1.165, 1.54) is 24.3 Å². The molecule has 5 nitrogen and oxygen atoms in total. The van der Waals surface area contributed by atoms with Crippen LogP contribution in [0.1, 0.15) is 32.4 Å². The summed E-state index contributed by atoms with van der Waals surface area (Å²) in [4.78, 5) is 22.9. The van der Waals surface area contributed by atoms with Crippen LogP contribution in [-0.4, -0.2) is 17.6 Å². The number of alkyl carbamates (subject to hydrolysis) is 1. The number of benzene rings is 1. The Bertz CT molecular complexity index is 466. The average Bonchev–Trinajstić information content (AvgIpc) is 2.24. The number of hydrogen-bond acceptors (Lipinski definition) is 3. The van der Waals surface area contributed by atoms with Gasteiger partial charge in [0.1, 0.15) is 17.5 Å². The summed E-state index contributed by atoms with van der Waals surface area (Å²) in [5.41, 5.74) is 4.92. The van der Waals surface area contributed by atoms with Crippen molar-refractivity contribution >= 4 is 12.0 Å². The van der Waals surface area contributed by atoms with Gasteiger partial charge in [-0.25, -0.2) is 9.18 Å². The Labute approximate surface area is 110 Å². The summed E-state index contributed by atoms with van der Waals surface area (Å²) in [6, 6.07) is 4.06. The number of rotatable bonds is 3. The third-order valence-corrected chi connectivity index (χ3v) is 2.15. The quantitative estimate of drug-likeness (QED) is 0.878. The van der Waals surface area contributed by atoms with Gasteiger partial charge in [-0.1, -0.05) is 12.1 Å². The van der Waals surface area contributed by atoms with E-state index in [2.05, 4.69) is 5.32 Å². The number of halogens is 1. The van der Waals surface area contributed by atoms with Crippen LogP contribution >= 0.6 is 0 Å². The SMILES string of the molecule is CC(C)(C)OC(=O)N[C@H](C(N)=O)c1ccc(F)cc1. The molecule has 0 aliphatic rings. The topological polar surface area (TPSA) is 81.4 Å². The Morgan fingerprint density at radius 1 is 1.26 bits per heavy atom. The van der Waals surface area contributed by atoms with E-state index in [1.54, 1.807) is 20.8 Å². The Hall–Kier alpha value is -2.11. The highest BCUT2D eigenvalue weighted by atomic mass is 19.1. The van der Waals surface area contributed by atoms with E-state index in [9.17, 15) is 14.0 Å². The minimum atomic E-state index is -1.06. The summed E-state index contributed by atoms with van der Waals surface area (Å²) in [5, 5.41) is 2.35. The van der Waals surface area contributed by atoms with Crippen LogP contribution < -0.4 is 11.1 Å². The molecule has 1 rings (SSSR count). The Balaban J connectivity index is 2.82. The van der Waals surface area contributed by atoms with Crippen molar-refractivity contribution in [2.45, 2.75) is 32.4 Å². The molecular weight excluding hydrogens is 251 g/mol. The first kappa shape index (κ1) is 14.9. The summed E-state index contributed by atoms with van der Waals surface area (Å²) in [6.45, 7) is 5.09. The molecule has 1 atom stereocenters. The number of ether oxygens (including phenoxy) is 1.